The molecule has 1 aromatic rings. The zero-order valence-electron chi connectivity index (χ0n) is 8.35. The number of guanidine groups is 1. The molecule has 6 N–H and O–H groups in total. The van der Waals surface area contributed by atoms with Crippen LogP contribution in [0.3, 0.4) is 0 Å². The summed E-state index contributed by atoms with van der Waals surface area (Å²) in [5.74, 6) is -1.27. The molecule has 0 heterocycles. The summed E-state index contributed by atoms with van der Waals surface area (Å²) in [5.41, 5.74) is 9.82. The lowest BCUT2D eigenvalue weighted by Gasteiger charge is -1.91. The number of carboxylic acid groups (broad SMARTS) is 1. The minimum Gasteiger partial charge on any atom is -0.478 e. The first-order valence-electron chi connectivity index (χ1n) is 4.18. The van der Waals surface area contributed by atoms with Gasteiger partial charge in [-0.25, -0.2) is 4.79 Å². The fraction of sp³-hybridized carbons (Fsp3) is 0. The fourth-order valence-electron chi connectivity index (χ4n) is 0.741. The largest absolute Gasteiger partial charge is 0.478 e. The summed E-state index contributed by atoms with van der Waals surface area (Å²) < 4.78 is 0.981. The van der Waals surface area contributed by atoms with Crippen molar-refractivity contribution in [3.05, 3.63) is 40.4 Å². The highest BCUT2D eigenvalue weighted by atomic mass is 79.9. The Bertz CT molecular complexity index is 384. The Balaban J connectivity index is 0.000000487. The van der Waals surface area contributed by atoms with Gasteiger partial charge in [0.1, 0.15) is 0 Å². The summed E-state index contributed by atoms with van der Waals surface area (Å²) in [4.78, 5) is 10.1. The van der Waals surface area contributed by atoms with Crippen molar-refractivity contribution >= 4 is 33.9 Å². The Morgan fingerprint density at radius 2 is 1.75 bits per heavy atom. The van der Waals surface area contributed by atoms with Crippen molar-refractivity contribution in [2.75, 3.05) is 0 Å². The van der Waals surface area contributed by atoms with Crippen LogP contribution >= 0.6 is 15.9 Å². The van der Waals surface area contributed by atoms with Gasteiger partial charge in [0.15, 0.2) is 5.96 Å². The molecule has 0 saturated carbocycles. The molecule has 0 atom stereocenters. The highest BCUT2D eigenvalue weighted by Gasteiger charge is 1.89. The zero-order valence-corrected chi connectivity index (χ0v) is 9.94. The molecule has 0 spiro atoms. The second-order valence-electron chi connectivity index (χ2n) is 2.68. The molecule has 0 aliphatic heterocycles. The van der Waals surface area contributed by atoms with Gasteiger partial charge in [0.2, 0.25) is 0 Å². The van der Waals surface area contributed by atoms with Crippen LogP contribution in [0.25, 0.3) is 6.08 Å². The number of benzene rings is 1. The van der Waals surface area contributed by atoms with E-state index < -0.39 is 5.97 Å². The smallest absolute Gasteiger partial charge is 0.328 e. The van der Waals surface area contributed by atoms with Crippen LogP contribution in [0, 0.1) is 5.41 Å². The molecule has 0 amide bonds. The maximum Gasteiger partial charge on any atom is 0.328 e. The first kappa shape index (κ1) is 14.2. The second-order valence-corrected chi connectivity index (χ2v) is 3.59. The molecule has 1 rings (SSSR count). The van der Waals surface area contributed by atoms with Crippen molar-refractivity contribution in [3.8, 4) is 0 Å². The Labute approximate surface area is 101 Å². The first-order valence-corrected chi connectivity index (χ1v) is 4.97. The Kier molecular flexibility index (Phi) is 6.62. The Morgan fingerprint density at radius 1 is 1.31 bits per heavy atom. The third kappa shape index (κ3) is 8.76. The highest BCUT2D eigenvalue weighted by Crippen LogP contribution is 2.11. The van der Waals surface area contributed by atoms with Gasteiger partial charge >= 0.3 is 5.97 Å². The standard InChI is InChI=1S/C9H7BrO2.CH5N3/c10-8-4-1-7(2-5-8)3-6-9(11)12;2-1(3)4/h1-6H,(H,11,12);(H5,2,3,4)/b6-3+;. The van der Waals surface area contributed by atoms with Crippen molar-refractivity contribution in [1.29, 1.82) is 5.41 Å². The van der Waals surface area contributed by atoms with E-state index in [4.69, 9.17) is 10.5 Å². The number of halogens is 1. The van der Waals surface area contributed by atoms with E-state index in [1.54, 1.807) is 6.08 Å². The van der Waals surface area contributed by atoms with Gasteiger partial charge in [-0.15, -0.1) is 0 Å². The average Bonchev–Trinajstić information content (AvgIpc) is 2.16. The van der Waals surface area contributed by atoms with Gasteiger partial charge < -0.3 is 16.6 Å². The van der Waals surface area contributed by atoms with Gasteiger partial charge in [-0.3, -0.25) is 5.41 Å². The summed E-state index contributed by atoms with van der Waals surface area (Å²) >= 11 is 3.29. The quantitative estimate of drug-likeness (QED) is 0.373. The van der Waals surface area contributed by atoms with Crippen molar-refractivity contribution < 1.29 is 9.90 Å². The lowest BCUT2D eigenvalue weighted by Crippen LogP contribution is -2.20. The summed E-state index contributed by atoms with van der Waals surface area (Å²) in [6.07, 6.45) is 2.66. The maximum atomic E-state index is 10.1. The van der Waals surface area contributed by atoms with Crippen LogP contribution in [0.5, 0.6) is 0 Å². The topological polar surface area (TPSA) is 113 Å². The van der Waals surface area contributed by atoms with Crippen LogP contribution in [0.2, 0.25) is 0 Å². The van der Waals surface area contributed by atoms with Crippen LogP contribution in [-0.2, 0) is 4.79 Å². The molecule has 0 bridgehead atoms. The Morgan fingerprint density at radius 3 is 2.12 bits per heavy atom. The molecular weight excluding hydrogens is 274 g/mol. The van der Waals surface area contributed by atoms with Crippen molar-refractivity contribution in [2.24, 2.45) is 11.5 Å². The molecule has 0 radical (unpaired) electrons. The normalized spacial score (nSPS) is 9.31. The van der Waals surface area contributed by atoms with E-state index in [9.17, 15) is 4.79 Å². The molecule has 16 heavy (non-hydrogen) atoms. The molecule has 6 heteroatoms. The molecule has 0 aromatic heterocycles. The van der Waals surface area contributed by atoms with Crippen LogP contribution in [-0.4, -0.2) is 17.0 Å². The summed E-state index contributed by atoms with van der Waals surface area (Å²) in [5, 5.41) is 14.4. The third-order valence-corrected chi connectivity index (χ3v) is 1.82. The molecule has 0 fully saturated rings. The minimum absolute atomic E-state index is 0.333. The number of nitrogens with two attached hydrogens (primary N) is 2. The number of nitrogens with one attached hydrogen (secondary N) is 1. The van der Waals surface area contributed by atoms with Gasteiger partial charge in [-0.05, 0) is 23.8 Å². The van der Waals surface area contributed by atoms with Gasteiger partial charge in [0, 0.05) is 10.5 Å². The summed E-state index contributed by atoms with van der Waals surface area (Å²) in [7, 11) is 0. The molecule has 0 aliphatic rings. The number of hydrogen-bond acceptors (Lipinski definition) is 2. The molecular formula is C10H12BrN3O2. The van der Waals surface area contributed by atoms with E-state index in [2.05, 4.69) is 27.4 Å². The summed E-state index contributed by atoms with van der Waals surface area (Å²) in [6.45, 7) is 0. The lowest BCUT2D eigenvalue weighted by atomic mass is 10.2. The van der Waals surface area contributed by atoms with E-state index in [-0.39, 0.29) is 5.96 Å². The maximum absolute atomic E-state index is 10.1. The van der Waals surface area contributed by atoms with Crippen LogP contribution < -0.4 is 11.5 Å². The van der Waals surface area contributed by atoms with E-state index in [0.717, 1.165) is 16.1 Å². The Hall–Kier alpha value is -1.82. The summed E-state index contributed by atoms with van der Waals surface area (Å²) in [6, 6.07) is 7.40. The zero-order chi connectivity index (χ0) is 12.6. The first-order chi connectivity index (χ1) is 7.41. The average molecular weight is 286 g/mol. The third-order valence-electron chi connectivity index (χ3n) is 1.29. The van der Waals surface area contributed by atoms with Crippen LogP contribution in [0.15, 0.2) is 34.8 Å². The van der Waals surface area contributed by atoms with Gasteiger partial charge in [0.25, 0.3) is 0 Å². The predicted octanol–water partition coefficient (Wildman–Crippen LogP) is 1.39. The van der Waals surface area contributed by atoms with Crippen LogP contribution in [0.4, 0.5) is 0 Å². The van der Waals surface area contributed by atoms with E-state index in [0.29, 0.717) is 0 Å². The molecule has 1 aromatic carbocycles. The van der Waals surface area contributed by atoms with Crippen LogP contribution in [0.1, 0.15) is 5.56 Å². The molecule has 0 saturated heterocycles. The van der Waals surface area contributed by atoms with E-state index in [1.165, 1.54) is 0 Å². The monoisotopic (exact) mass is 285 g/mol. The van der Waals surface area contributed by atoms with Crippen molar-refractivity contribution in [1.82, 2.24) is 0 Å². The highest BCUT2D eigenvalue weighted by molar-refractivity contribution is 9.10. The number of carbonyl (C=O) groups is 1. The van der Waals surface area contributed by atoms with E-state index >= 15 is 0 Å². The van der Waals surface area contributed by atoms with Crippen molar-refractivity contribution in [2.45, 2.75) is 0 Å². The number of aliphatic carboxylic acids is 1. The molecule has 0 aliphatic carbocycles. The molecule has 86 valence electrons. The van der Waals surface area contributed by atoms with E-state index in [1.807, 2.05) is 24.3 Å². The van der Waals surface area contributed by atoms with Gasteiger partial charge in [-0.2, -0.15) is 0 Å². The van der Waals surface area contributed by atoms with Crippen molar-refractivity contribution in [3.63, 3.8) is 0 Å². The molecule has 0 unspecified atom stereocenters. The molecule has 5 nitrogen and oxygen atoms in total. The number of rotatable bonds is 2. The minimum atomic E-state index is -0.932. The predicted molar refractivity (Wildman–Crippen MR) is 66.9 cm³/mol. The second kappa shape index (κ2) is 7.47. The van der Waals surface area contributed by atoms with Gasteiger partial charge in [0.05, 0.1) is 0 Å². The number of hydrogen-bond donors (Lipinski definition) is 4. The lowest BCUT2D eigenvalue weighted by molar-refractivity contribution is -0.131. The number of carboxylic acids is 1. The SMILES string of the molecule is N=C(N)N.O=C(O)/C=C/c1ccc(Br)cc1. The fourth-order valence-corrected chi connectivity index (χ4v) is 1.01. The van der Waals surface area contributed by atoms with Gasteiger partial charge in [-0.1, -0.05) is 28.1 Å².